The zero-order valence-electron chi connectivity index (χ0n) is 13.7. The molecule has 2 heterocycles. The summed E-state index contributed by atoms with van der Waals surface area (Å²) in [6, 6.07) is 11.9. The Kier molecular flexibility index (Phi) is 6.05. The minimum absolute atomic E-state index is 0.0593. The molecule has 1 atom stereocenters. The molecule has 1 aliphatic heterocycles. The summed E-state index contributed by atoms with van der Waals surface area (Å²) in [6.45, 7) is 6.89. The van der Waals surface area contributed by atoms with Gasteiger partial charge in [-0.25, -0.2) is 0 Å². The van der Waals surface area contributed by atoms with Crippen LogP contribution < -0.4 is 5.32 Å². The molecule has 1 amide bonds. The fraction of sp³-hybridized carbons (Fsp3) is 0.389. The lowest BCUT2D eigenvalue weighted by Gasteiger charge is -2.37. The fourth-order valence-corrected chi connectivity index (χ4v) is 3.89. The minimum Gasteiger partial charge on any atom is -0.325 e. The Morgan fingerprint density at radius 1 is 1.21 bits per heavy atom. The van der Waals surface area contributed by atoms with Gasteiger partial charge in [0.1, 0.15) is 0 Å². The van der Waals surface area contributed by atoms with E-state index in [2.05, 4.69) is 48.6 Å². The third-order valence-electron chi connectivity index (χ3n) is 4.41. The highest BCUT2D eigenvalue weighted by Crippen LogP contribution is 2.17. The number of amides is 1. The first-order valence-corrected chi connectivity index (χ1v) is 9.84. The van der Waals surface area contributed by atoms with Crippen molar-refractivity contribution in [3.63, 3.8) is 0 Å². The lowest BCUT2D eigenvalue weighted by molar-refractivity contribution is -0.121. The second-order valence-corrected chi connectivity index (χ2v) is 8.01. The van der Waals surface area contributed by atoms with Gasteiger partial charge in [-0.3, -0.25) is 14.6 Å². The molecule has 0 bridgehead atoms. The highest BCUT2D eigenvalue weighted by molar-refractivity contribution is 9.10. The smallest absolute Gasteiger partial charge is 0.241 e. The van der Waals surface area contributed by atoms with E-state index < -0.39 is 0 Å². The van der Waals surface area contributed by atoms with Crippen molar-refractivity contribution in [2.24, 2.45) is 0 Å². The summed E-state index contributed by atoms with van der Waals surface area (Å²) in [5.74, 6) is 0.0593. The van der Waals surface area contributed by atoms with Crippen LogP contribution in [0.15, 0.2) is 46.3 Å². The standard InChI is InChI=1S/C18H22BrN3OS/c1-14(18(23)20-16-6-4-15(19)5-7-16)22-10-8-21(9-11-22)13-17-3-2-12-24-17/h2-7,12,14H,8-11,13H2,1H3,(H,20,23). The molecule has 1 unspecified atom stereocenters. The quantitative estimate of drug-likeness (QED) is 0.821. The van der Waals surface area contributed by atoms with E-state index in [1.165, 1.54) is 4.88 Å². The van der Waals surface area contributed by atoms with Crippen LogP contribution in [0.1, 0.15) is 11.8 Å². The average molecular weight is 408 g/mol. The second kappa shape index (κ2) is 8.25. The number of nitrogens with zero attached hydrogens (tertiary/aromatic N) is 2. The lowest BCUT2D eigenvalue weighted by atomic mass is 10.2. The molecule has 1 aromatic carbocycles. The molecule has 0 radical (unpaired) electrons. The summed E-state index contributed by atoms with van der Waals surface area (Å²) in [5, 5.41) is 5.13. The van der Waals surface area contributed by atoms with E-state index in [0.29, 0.717) is 0 Å². The van der Waals surface area contributed by atoms with Crippen molar-refractivity contribution in [3.05, 3.63) is 51.1 Å². The number of hydrogen-bond donors (Lipinski definition) is 1. The number of benzene rings is 1. The van der Waals surface area contributed by atoms with Gasteiger partial charge in [-0.2, -0.15) is 0 Å². The van der Waals surface area contributed by atoms with Gasteiger partial charge < -0.3 is 5.32 Å². The Labute approximate surface area is 155 Å². The minimum atomic E-state index is -0.113. The van der Waals surface area contributed by atoms with Crippen LogP contribution in [-0.4, -0.2) is 47.9 Å². The molecule has 2 aromatic rings. The van der Waals surface area contributed by atoms with E-state index in [1.54, 1.807) is 0 Å². The largest absolute Gasteiger partial charge is 0.325 e. The molecule has 1 aromatic heterocycles. The van der Waals surface area contributed by atoms with Crippen LogP contribution in [0.2, 0.25) is 0 Å². The van der Waals surface area contributed by atoms with Crippen molar-refractivity contribution in [3.8, 4) is 0 Å². The van der Waals surface area contributed by atoms with Gasteiger partial charge in [-0.1, -0.05) is 22.0 Å². The van der Waals surface area contributed by atoms with Gasteiger partial charge in [0.25, 0.3) is 0 Å². The average Bonchev–Trinajstić information content (AvgIpc) is 3.10. The number of carbonyl (C=O) groups excluding carboxylic acids is 1. The lowest BCUT2D eigenvalue weighted by Crippen LogP contribution is -2.52. The summed E-state index contributed by atoms with van der Waals surface area (Å²) in [6.07, 6.45) is 0. The van der Waals surface area contributed by atoms with Crippen molar-refractivity contribution >= 4 is 38.9 Å². The Bertz CT molecular complexity index is 651. The molecular weight excluding hydrogens is 386 g/mol. The molecule has 3 rings (SSSR count). The Morgan fingerprint density at radius 2 is 1.92 bits per heavy atom. The Balaban J connectivity index is 1.48. The summed E-state index contributed by atoms with van der Waals surface area (Å²) in [5.41, 5.74) is 0.839. The van der Waals surface area contributed by atoms with Gasteiger partial charge in [-0.05, 0) is 42.6 Å². The number of nitrogens with one attached hydrogen (secondary N) is 1. The third-order valence-corrected chi connectivity index (χ3v) is 5.80. The molecule has 1 N–H and O–H groups in total. The predicted molar refractivity (Wildman–Crippen MR) is 103 cm³/mol. The molecular formula is C18H22BrN3OS. The molecule has 0 saturated carbocycles. The number of anilines is 1. The zero-order chi connectivity index (χ0) is 16.9. The van der Waals surface area contributed by atoms with Crippen LogP contribution in [0.4, 0.5) is 5.69 Å². The molecule has 1 saturated heterocycles. The summed E-state index contributed by atoms with van der Waals surface area (Å²) < 4.78 is 1.01. The van der Waals surface area contributed by atoms with E-state index in [0.717, 1.165) is 42.9 Å². The monoisotopic (exact) mass is 407 g/mol. The van der Waals surface area contributed by atoms with Gasteiger partial charge in [0.15, 0.2) is 0 Å². The van der Waals surface area contributed by atoms with Gasteiger partial charge >= 0.3 is 0 Å². The summed E-state index contributed by atoms with van der Waals surface area (Å²) >= 11 is 5.21. The van der Waals surface area contributed by atoms with E-state index >= 15 is 0 Å². The van der Waals surface area contributed by atoms with Crippen molar-refractivity contribution in [2.75, 3.05) is 31.5 Å². The fourth-order valence-electron chi connectivity index (χ4n) is 2.88. The van der Waals surface area contributed by atoms with E-state index in [-0.39, 0.29) is 11.9 Å². The molecule has 128 valence electrons. The van der Waals surface area contributed by atoms with E-state index in [1.807, 2.05) is 42.5 Å². The molecule has 4 nitrogen and oxygen atoms in total. The predicted octanol–water partition coefficient (Wildman–Crippen LogP) is 3.66. The van der Waals surface area contributed by atoms with E-state index in [4.69, 9.17) is 0 Å². The molecule has 1 fully saturated rings. The first-order valence-electron chi connectivity index (χ1n) is 8.17. The first-order chi connectivity index (χ1) is 11.6. The highest BCUT2D eigenvalue weighted by atomic mass is 79.9. The van der Waals surface area contributed by atoms with Crippen LogP contribution in [0.3, 0.4) is 0 Å². The van der Waals surface area contributed by atoms with Crippen LogP contribution in [-0.2, 0) is 11.3 Å². The number of halogens is 1. The van der Waals surface area contributed by atoms with Gasteiger partial charge in [0.2, 0.25) is 5.91 Å². The summed E-state index contributed by atoms with van der Waals surface area (Å²) in [7, 11) is 0. The van der Waals surface area contributed by atoms with Crippen LogP contribution in [0.25, 0.3) is 0 Å². The Hall–Kier alpha value is -1.21. The number of piperazine rings is 1. The third kappa shape index (κ3) is 4.66. The number of thiophene rings is 1. The van der Waals surface area contributed by atoms with Crippen molar-refractivity contribution < 1.29 is 4.79 Å². The SMILES string of the molecule is CC(C(=O)Nc1ccc(Br)cc1)N1CCN(Cc2cccs2)CC1. The molecule has 24 heavy (non-hydrogen) atoms. The number of hydrogen-bond acceptors (Lipinski definition) is 4. The number of carbonyl (C=O) groups is 1. The van der Waals surface area contributed by atoms with Crippen LogP contribution >= 0.6 is 27.3 Å². The molecule has 0 aliphatic carbocycles. The zero-order valence-corrected chi connectivity index (χ0v) is 16.1. The number of rotatable bonds is 5. The maximum atomic E-state index is 12.5. The van der Waals surface area contributed by atoms with Crippen molar-refractivity contribution in [1.29, 1.82) is 0 Å². The second-order valence-electron chi connectivity index (χ2n) is 6.06. The van der Waals surface area contributed by atoms with Crippen molar-refractivity contribution in [1.82, 2.24) is 9.80 Å². The highest BCUT2D eigenvalue weighted by Gasteiger charge is 2.25. The Morgan fingerprint density at radius 3 is 2.54 bits per heavy atom. The molecule has 1 aliphatic rings. The van der Waals surface area contributed by atoms with Crippen molar-refractivity contribution in [2.45, 2.75) is 19.5 Å². The first kappa shape index (κ1) is 17.6. The van der Waals surface area contributed by atoms with Crippen LogP contribution in [0.5, 0.6) is 0 Å². The molecule has 6 heteroatoms. The maximum Gasteiger partial charge on any atom is 0.241 e. The van der Waals surface area contributed by atoms with Gasteiger partial charge in [0.05, 0.1) is 6.04 Å². The van der Waals surface area contributed by atoms with Gasteiger partial charge in [-0.15, -0.1) is 11.3 Å². The van der Waals surface area contributed by atoms with Crippen LogP contribution in [0, 0.1) is 0 Å². The van der Waals surface area contributed by atoms with Gasteiger partial charge in [0, 0.05) is 47.8 Å². The molecule has 0 spiro atoms. The maximum absolute atomic E-state index is 12.5. The topological polar surface area (TPSA) is 35.6 Å². The van der Waals surface area contributed by atoms with E-state index in [9.17, 15) is 4.79 Å². The summed E-state index contributed by atoms with van der Waals surface area (Å²) in [4.78, 5) is 18.6. The normalized spacial score (nSPS) is 17.6.